The van der Waals surface area contributed by atoms with Crippen LogP contribution in [0, 0.1) is 13.8 Å². The summed E-state index contributed by atoms with van der Waals surface area (Å²) in [5.74, 6) is 0. The van der Waals surface area contributed by atoms with E-state index in [1.807, 2.05) is 0 Å². The van der Waals surface area contributed by atoms with Crippen molar-refractivity contribution in [2.75, 3.05) is 6.61 Å². The molecule has 0 radical (unpaired) electrons. The number of aliphatic hydroxyl groups is 1. The van der Waals surface area contributed by atoms with Crippen LogP contribution in [-0.4, -0.2) is 16.3 Å². The number of aryl methyl sites for hydroxylation is 2. The SMILES string of the molecule is Cc1ccc(C)n1C(C)(C)CCO. The van der Waals surface area contributed by atoms with E-state index in [-0.39, 0.29) is 12.1 Å². The standard InChI is InChI=1S/C11H19NO/c1-9-5-6-10(2)12(9)11(3,4)7-8-13/h5-6,13H,7-8H2,1-4H3. The summed E-state index contributed by atoms with van der Waals surface area (Å²) in [5, 5.41) is 8.97. The van der Waals surface area contributed by atoms with Gasteiger partial charge >= 0.3 is 0 Å². The molecule has 0 aromatic carbocycles. The number of rotatable bonds is 3. The van der Waals surface area contributed by atoms with E-state index in [1.165, 1.54) is 11.4 Å². The summed E-state index contributed by atoms with van der Waals surface area (Å²) in [6, 6.07) is 4.24. The van der Waals surface area contributed by atoms with Crippen molar-refractivity contribution < 1.29 is 5.11 Å². The van der Waals surface area contributed by atoms with Crippen molar-refractivity contribution in [1.82, 2.24) is 4.57 Å². The van der Waals surface area contributed by atoms with Gasteiger partial charge in [-0.05, 0) is 46.2 Å². The summed E-state index contributed by atoms with van der Waals surface area (Å²) in [6.45, 7) is 8.76. The fourth-order valence-electron chi connectivity index (χ4n) is 2.01. The molecule has 0 aliphatic carbocycles. The molecule has 0 spiro atoms. The molecule has 2 nitrogen and oxygen atoms in total. The number of aromatic nitrogens is 1. The van der Waals surface area contributed by atoms with Crippen LogP contribution in [0.1, 0.15) is 31.7 Å². The molecule has 13 heavy (non-hydrogen) atoms. The summed E-state index contributed by atoms with van der Waals surface area (Å²) < 4.78 is 2.28. The Bertz CT molecular complexity index is 267. The van der Waals surface area contributed by atoms with Gasteiger partial charge in [-0.2, -0.15) is 0 Å². The van der Waals surface area contributed by atoms with Crippen LogP contribution in [0.2, 0.25) is 0 Å². The molecule has 74 valence electrons. The molecule has 0 unspecified atom stereocenters. The average molecular weight is 181 g/mol. The Morgan fingerprint density at radius 1 is 1.23 bits per heavy atom. The van der Waals surface area contributed by atoms with E-state index in [9.17, 15) is 0 Å². The molecule has 0 saturated heterocycles. The largest absolute Gasteiger partial charge is 0.396 e. The fraction of sp³-hybridized carbons (Fsp3) is 0.636. The van der Waals surface area contributed by atoms with Crippen molar-refractivity contribution in [2.24, 2.45) is 0 Å². The molecule has 0 saturated carbocycles. The van der Waals surface area contributed by atoms with Gasteiger partial charge in [-0.1, -0.05) is 0 Å². The average Bonchev–Trinajstić information content (AvgIpc) is 2.31. The van der Waals surface area contributed by atoms with Crippen LogP contribution in [0.3, 0.4) is 0 Å². The molecule has 1 aromatic rings. The van der Waals surface area contributed by atoms with Crippen LogP contribution in [0.4, 0.5) is 0 Å². The second-order valence-electron chi connectivity index (χ2n) is 4.24. The summed E-state index contributed by atoms with van der Waals surface area (Å²) in [5.41, 5.74) is 2.54. The molecule has 0 aliphatic rings. The first-order valence-corrected chi connectivity index (χ1v) is 4.75. The third kappa shape index (κ3) is 1.94. The maximum Gasteiger partial charge on any atom is 0.0453 e. The van der Waals surface area contributed by atoms with Gasteiger partial charge in [0.05, 0.1) is 0 Å². The molecule has 0 aliphatic heterocycles. The minimum Gasteiger partial charge on any atom is -0.396 e. The predicted octanol–water partition coefficient (Wildman–Crippen LogP) is 2.22. The number of aliphatic hydroxyl groups excluding tert-OH is 1. The Balaban J connectivity index is 3.05. The monoisotopic (exact) mass is 181 g/mol. The van der Waals surface area contributed by atoms with E-state index < -0.39 is 0 Å². The predicted molar refractivity (Wildman–Crippen MR) is 54.9 cm³/mol. The van der Waals surface area contributed by atoms with Gasteiger partial charge in [0.2, 0.25) is 0 Å². The van der Waals surface area contributed by atoms with Gasteiger partial charge in [0.25, 0.3) is 0 Å². The van der Waals surface area contributed by atoms with Crippen molar-refractivity contribution in [3.63, 3.8) is 0 Å². The highest BCUT2D eigenvalue weighted by Crippen LogP contribution is 2.24. The number of hydrogen-bond donors (Lipinski definition) is 1. The van der Waals surface area contributed by atoms with Gasteiger partial charge in [-0.15, -0.1) is 0 Å². The highest BCUT2D eigenvalue weighted by molar-refractivity contribution is 5.16. The second-order valence-corrected chi connectivity index (χ2v) is 4.24. The molecule has 1 heterocycles. The van der Waals surface area contributed by atoms with Gasteiger partial charge in [-0.3, -0.25) is 0 Å². The van der Waals surface area contributed by atoms with Crippen LogP contribution >= 0.6 is 0 Å². The second kappa shape index (κ2) is 3.54. The number of hydrogen-bond acceptors (Lipinski definition) is 1. The molecule has 1 N–H and O–H groups in total. The van der Waals surface area contributed by atoms with E-state index in [1.54, 1.807) is 0 Å². The zero-order chi connectivity index (χ0) is 10.1. The van der Waals surface area contributed by atoms with Gasteiger partial charge in [0, 0.05) is 23.5 Å². The van der Waals surface area contributed by atoms with Crippen LogP contribution in [0.25, 0.3) is 0 Å². The van der Waals surface area contributed by atoms with E-state index in [2.05, 4.69) is 44.4 Å². The maximum absolute atomic E-state index is 8.97. The summed E-state index contributed by atoms with van der Waals surface area (Å²) >= 11 is 0. The molecule has 0 bridgehead atoms. The summed E-state index contributed by atoms with van der Waals surface area (Å²) in [4.78, 5) is 0. The van der Waals surface area contributed by atoms with Crippen LogP contribution in [-0.2, 0) is 5.54 Å². The maximum atomic E-state index is 8.97. The first-order valence-electron chi connectivity index (χ1n) is 4.75. The van der Waals surface area contributed by atoms with Crippen molar-refractivity contribution in [3.8, 4) is 0 Å². The van der Waals surface area contributed by atoms with E-state index in [4.69, 9.17) is 5.11 Å². The minimum atomic E-state index is 0.0203. The lowest BCUT2D eigenvalue weighted by atomic mass is 10.0. The van der Waals surface area contributed by atoms with Gasteiger partial charge < -0.3 is 9.67 Å². The molecule has 1 rings (SSSR count). The Hall–Kier alpha value is -0.760. The van der Waals surface area contributed by atoms with Crippen molar-refractivity contribution in [3.05, 3.63) is 23.5 Å². The van der Waals surface area contributed by atoms with Crippen LogP contribution in [0.5, 0.6) is 0 Å². The van der Waals surface area contributed by atoms with E-state index in [0.29, 0.717) is 0 Å². The highest BCUT2D eigenvalue weighted by atomic mass is 16.3. The summed E-state index contributed by atoms with van der Waals surface area (Å²) in [6.07, 6.45) is 0.795. The van der Waals surface area contributed by atoms with Crippen LogP contribution in [0.15, 0.2) is 12.1 Å². The molecule has 2 heteroatoms. The Labute approximate surface area is 80.2 Å². The third-order valence-corrected chi connectivity index (χ3v) is 2.60. The Morgan fingerprint density at radius 3 is 2.08 bits per heavy atom. The van der Waals surface area contributed by atoms with Crippen molar-refractivity contribution >= 4 is 0 Å². The third-order valence-electron chi connectivity index (χ3n) is 2.60. The normalized spacial score (nSPS) is 12.1. The van der Waals surface area contributed by atoms with E-state index in [0.717, 1.165) is 6.42 Å². The zero-order valence-corrected chi connectivity index (χ0v) is 8.96. The molecule has 1 aromatic heterocycles. The topological polar surface area (TPSA) is 25.2 Å². The smallest absolute Gasteiger partial charge is 0.0453 e. The van der Waals surface area contributed by atoms with E-state index >= 15 is 0 Å². The Morgan fingerprint density at radius 2 is 1.69 bits per heavy atom. The molecule has 0 fully saturated rings. The van der Waals surface area contributed by atoms with Gasteiger partial charge in [0.15, 0.2) is 0 Å². The highest BCUT2D eigenvalue weighted by Gasteiger charge is 2.21. The fourth-order valence-corrected chi connectivity index (χ4v) is 2.01. The first kappa shape index (κ1) is 10.3. The molecular formula is C11H19NO. The summed E-state index contributed by atoms with van der Waals surface area (Å²) in [7, 11) is 0. The molecular weight excluding hydrogens is 162 g/mol. The molecule has 0 amide bonds. The quantitative estimate of drug-likeness (QED) is 0.760. The van der Waals surface area contributed by atoms with Crippen LogP contribution < -0.4 is 0 Å². The lowest BCUT2D eigenvalue weighted by Gasteiger charge is -2.29. The minimum absolute atomic E-state index is 0.0203. The number of nitrogens with zero attached hydrogens (tertiary/aromatic N) is 1. The van der Waals surface area contributed by atoms with Crippen molar-refractivity contribution in [2.45, 2.75) is 39.7 Å². The van der Waals surface area contributed by atoms with Crippen molar-refractivity contribution in [1.29, 1.82) is 0 Å². The first-order chi connectivity index (χ1) is 5.99. The molecule has 0 atom stereocenters. The lowest BCUT2D eigenvalue weighted by Crippen LogP contribution is -2.29. The zero-order valence-electron chi connectivity index (χ0n) is 8.96. The lowest BCUT2D eigenvalue weighted by molar-refractivity contribution is 0.210. The van der Waals surface area contributed by atoms with Gasteiger partial charge in [-0.25, -0.2) is 0 Å². The van der Waals surface area contributed by atoms with Gasteiger partial charge in [0.1, 0.15) is 0 Å². The Kier molecular flexibility index (Phi) is 2.81.